The number of ether oxygens (including phenoxy) is 5. The van der Waals surface area contributed by atoms with Gasteiger partial charge in [0.1, 0.15) is 55.0 Å². The third kappa shape index (κ3) is 14.2. The molecule has 15 heteroatoms. The molecule has 0 saturated heterocycles. The maximum Gasteiger partial charge on any atom is 0.407 e. The summed E-state index contributed by atoms with van der Waals surface area (Å²) in [6, 6.07) is 22.5. The number of ketones is 4. The Balaban J connectivity index is 0.000000189. The fourth-order valence-electron chi connectivity index (χ4n) is 5.77. The van der Waals surface area contributed by atoms with Gasteiger partial charge in [-0.05, 0) is 93.1 Å². The molecule has 0 aromatic heterocycles. The highest BCUT2D eigenvalue weighted by atomic mass is 79.9. The predicted molar refractivity (Wildman–Crippen MR) is 215 cm³/mol. The molecule has 4 aromatic rings. The highest BCUT2D eigenvalue weighted by Gasteiger charge is 2.20. The van der Waals surface area contributed by atoms with Crippen molar-refractivity contribution in [3.63, 3.8) is 0 Å². The van der Waals surface area contributed by atoms with Gasteiger partial charge in [0.2, 0.25) is 0 Å². The van der Waals surface area contributed by atoms with Crippen molar-refractivity contribution in [2.75, 3.05) is 26.4 Å². The normalized spacial score (nSPS) is 15.9. The Morgan fingerprint density at radius 1 is 0.712 bits per heavy atom. The lowest BCUT2D eigenvalue weighted by Crippen LogP contribution is -3.00. The van der Waals surface area contributed by atoms with Crippen LogP contribution < -0.4 is 42.4 Å². The first-order chi connectivity index (χ1) is 29.1. The number of alkyl carbamates (subject to hydrolysis) is 1. The number of quaternary nitrogens is 1. The van der Waals surface area contributed by atoms with E-state index in [1.165, 1.54) is 12.1 Å². The molecular formula is C44H45BrClN3O10. The average Bonchev–Trinajstić information content (AvgIpc) is 3.19. The number of Topliss-reactive ketones (excluding diaryl/α,β-unsaturated/α-hetero) is 4. The van der Waals surface area contributed by atoms with Gasteiger partial charge in [-0.2, -0.15) is 5.26 Å². The highest BCUT2D eigenvalue weighted by Crippen LogP contribution is 2.28. The van der Waals surface area contributed by atoms with E-state index in [0.717, 1.165) is 32.7 Å². The van der Waals surface area contributed by atoms with Gasteiger partial charge in [-0.1, -0.05) is 22.0 Å². The lowest BCUT2D eigenvalue weighted by atomic mass is 10.0. The van der Waals surface area contributed by atoms with Crippen molar-refractivity contribution in [3.8, 4) is 29.1 Å². The second-order valence-corrected chi connectivity index (χ2v) is 15.2. The standard InChI is InChI=1S/C15H19NO4.C10H11NO2.C10H7NO2.C9H7BrO2.ClH/c1-15(2,3)20-14(18)16-8-10-4-5-13-11(6-10)7-12(17)9-19-13;2*11-5-7-1-2-10-8(3-7)4-9(12)6-13-10;10-7-1-2-9-6(3-7)4-8(11)5-12-9;/h4-6H,7-9H2,1-3H3,(H,16,18);1-3H,4-6,11H2;1-3H,4,6H2;1-3H,4-5H2;1H/i8D2;5D2;;;. The fraction of sp³-hybridized carbons (Fsp3) is 0.318. The molecule has 0 fully saturated rings. The molecular weight excluding hydrogens is 846 g/mol. The zero-order chi connectivity index (χ0) is 45.4. The van der Waals surface area contributed by atoms with Gasteiger partial charge in [0.05, 0.1) is 23.6 Å². The van der Waals surface area contributed by atoms with E-state index < -0.39 is 24.7 Å². The quantitative estimate of drug-likeness (QED) is 0.306. The number of rotatable bonds is 3. The number of carbonyl (C=O) groups is 5. The van der Waals surface area contributed by atoms with E-state index in [9.17, 15) is 24.0 Å². The van der Waals surface area contributed by atoms with E-state index in [4.69, 9.17) is 34.4 Å². The van der Waals surface area contributed by atoms with Gasteiger partial charge in [0.15, 0.2) is 23.1 Å². The molecule has 0 unspecified atom stereocenters. The lowest BCUT2D eigenvalue weighted by molar-refractivity contribution is -0.386. The van der Waals surface area contributed by atoms with Gasteiger partial charge < -0.3 is 47.1 Å². The van der Waals surface area contributed by atoms with Gasteiger partial charge in [0, 0.05) is 64.5 Å². The molecule has 0 saturated carbocycles. The number of carbonyl (C=O) groups excluding carboxylic acids is 5. The number of benzene rings is 4. The summed E-state index contributed by atoms with van der Waals surface area (Å²) < 4.78 is 57.9. The third-order valence-electron chi connectivity index (χ3n) is 8.35. The Bertz CT molecular complexity index is 2430. The van der Waals surface area contributed by atoms with Crippen molar-refractivity contribution in [2.24, 2.45) is 0 Å². The Kier molecular flexibility index (Phi) is 14.5. The van der Waals surface area contributed by atoms with Crippen LogP contribution in [-0.2, 0) is 62.6 Å². The summed E-state index contributed by atoms with van der Waals surface area (Å²) in [5, 5.41) is 10.8. The van der Waals surface area contributed by atoms with Crippen LogP contribution in [0.3, 0.4) is 0 Å². The first-order valence-corrected chi connectivity index (χ1v) is 18.9. The molecule has 4 aliphatic heterocycles. The molecule has 4 aromatic carbocycles. The van der Waals surface area contributed by atoms with Crippen LogP contribution in [0.2, 0.25) is 0 Å². The summed E-state index contributed by atoms with van der Waals surface area (Å²) in [5.41, 5.74) is 7.12. The van der Waals surface area contributed by atoms with Crippen molar-refractivity contribution < 1.29 is 71.3 Å². The van der Waals surface area contributed by atoms with Gasteiger partial charge in [-0.25, -0.2) is 4.79 Å². The number of nitriles is 1. The molecule has 310 valence electrons. The van der Waals surface area contributed by atoms with Crippen molar-refractivity contribution in [3.05, 3.63) is 116 Å². The number of nitrogens with one attached hydrogen (secondary N) is 1. The van der Waals surface area contributed by atoms with E-state index in [0.29, 0.717) is 47.5 Å². The number of nitrogens with zero attached hydrogens (tertiary/aromatic N) is 1. The van der Waals surface area contributed by atoms with Gasteiger partial charge in [-0.3, -0.25) is 19.2 Å². The molecule has 4 heterocycles. The SMILES string of the molecule is N#Cc1ccc2c(c1)CC(=O)CO2.O=C1COc2ccc(Br)cc2C1.[2H]C([2H])(NC(=O)OC(C)(C)C)c1ccc2c(c1)CC(=O)CO2.[2H]C([2H])([NH3+])c1ccc2c(c1)CC(=O)CO2.[Cl-]. The van der Waals surface area contributed by atoms with Crippen LogP contribution in [0.25, 0.3) is 0 Å². The van der Waals surface area contributed by atoms with Crippen LogP contribution in [0.1, 0.15) is 65.2 Å². The maximum atomic E-state index is 11.7. The van der Waals surface area contributed by atoms with E-state index >= 15 is 0 Å². The van der Waals surface area contributed by atoms with Crippen molar-refractivity contribution in [2.45, 2.75) is 65.0 Å². The third-order valence-corrected chi connectivity index (χ3v) is 8.84. The number of fused-ring (bicyclic) bond motifs is 4. The summed E-state index contributed by atoms with van der Waals surface area (Å²) in [6.45, 7) is 1.87. The van der Waals surface area contributed by atoms with Gasteiger partial charge in [0.25, 0.3) is 0 Å². The van der Waals surface area contributed by atoms with Crippen LogP contribution in [-0.4, -0.2) is 61.3 Å². The van der Waals surface area contributed by atoms with Crippen molar-refractivity contribution >= 4 is 45.2 Å². The summed E-state index contributed by atoms with van der Waals surface area (Å²) in [5.74, 6) is 2.94. The molecule has 0 bridgehead atoms. The van der Waals surface area contributed by atoms with E-state index in [2.05, 4.69) is 27.0 Å². The highest BCUT2D eigenvalue weighted by molar-refractivity contribution is 9.10. The van der Waals surface area contributed by atoms with Crippen molar-refractivity contribution in [1.29, 1.82) is 5.26 Å². The number of hydrogen-bond acceptors (Lipinski definition) is 11. The van der Waals surface area contributed by atoms with Crippen LogP contribution in [0, 0.1) is 11.3 Å². The molecule has 0 radical (unpaired) electrons. The molecule has 0 spiro atoms. The minimum atomic E-state index is -2.11. The molecule has 4 N–H and O–H groups in total. The van der Waals surface area contributed by atoms with E-state index in [1.807, 2.05) is 24.3 Å². The Morgan fingerprint density at radius 2 is 1.12 bits per heavy atom. The second-order valence-electron chi connectivity index (χ2n) is 14.3. The largest absolute Gasteiger partial charge is 1.00 e. The second kappa shape index (κ2) is 21.3. The Morgan fingerprint density at radius 3 is 1.58 bits per heavy atom. The van der Waals surface area contributed by atoms with Crippen LogP contribution >= 0.6 is 15.9 Å². The minimum Gasteiger partial charge on any atom is -1.00 e. The first-order valence-electron chi connectivity index (χ1n) is 20.1. The van der Waals surface area contributed by atoms with Gasteiger partial charge in [-0.15, -0.1) is 0 Å². The molecule has 0 aliphatic carbocycles. The van der Waals surface area contributed by atoms with Gasteiger partial charge >= 0.3 is 6.09 Å². The Labute approximate surface area is 362 Å². The number of halogens is 2. The smallest absolute Gasteiger partial charge is 0.407 e. The van der Waals surface area contributed by atoms with Crippen LogP contribution in [0.5, 0.6) is 23.0 Å². The average molecular weight is 895 g/mol. The van der Waals surface area contributed by atoms with E-state index in [-0.39, 0.29) is 74.0 Å². The zero-order valence-corrected chi connectivity index (χ0v) is 34.9. The molecule has 4 aliphatic rings. The molecule has 1 amide bonds. The minimum absolute atomic E-state index is 0. The summed E-state index contributed by atoms with van der Waals surface area (Å²) in [7, 11) is 0. The molecule has 0 atom stereocenters. The monoisotopic (exact) mass is 893 g/mol. The first kappa shape index (κ1) is 40.0. The van der Waals surface area contributed by atoms with E-state index in [1.54, 1.807) is 63.2 Å². The van der Waals surface area contributed by atoms with Crippen LogP contribution in [0.15, 0.2) is 77.3 Å². The summed E-state index contributed by atoms with van der Waals surface area (Å²) in [6.07, 6.45) is 0.549. The van der Waals surface area contributed by atoms with Crippen molar-refractivity contribution in [1.82, 2.24) is 5.32 Å². The summed E-state index contributed by atoms with van der Waals surface area (Å²) >= 11 is 3.34. The summed E-state index contributed by atoms with van der Waals surface area (Å²) in [4.78, 5) is 56.3. The maximum absolute atomic E-state index is 11.7. The fourth-order valence-corrected chi connectivity index (χ4v) is 6.18. The lowest BCUT2D eigenvalue weighted by Gasteiger charge is -2.20. The molecule has 13 nitrogen and oxygen atoms in total. The topological polar surface area (TPSA) is 195 Å². The Hall–Kier alpha value is -5.75. The molecule has 8 rings (SSSR count). The number of amides is 1. The van der Waals surface area contributed by atoms with Crippen LogP contribution in [0.4, 0.5) is 4.79 Å². The number of hydrogen-bond donors (Lipinski definition) is 2. The predicted octanol–water partition coefficient (Wildman–Crippen LogP) is 2.17. The zero-order valence-electron chi connectivity index (χ0n) is 36.6. The molecule has 59 heavy (non-hydrogen) atoms.